The van der Waals surface area contributed by atoms with Gasteiger partial charge in [-0.3, -0.25) is 9.69 Å². The van der Waals surface area contributed by atoms with Crippen LogP contribution in [0.25, 0.3) is 6.08 Å². The van der Waals surface area contributed by atoms with E-state index >= 15 is 0 Å². The maximum Gasteiger partial charge on any atom is 0.573 e. The number of nitrogens with zero attached hydrogens (tertiary/aromatic N) is 5. The molecule has 0 aliphatic carbocycles. The van der Waals surface area contributed by atoms with Gasteiger partial charge < -0.3 is 10.5 Å². The summed E-state index contributed by atoms with van der Waals surface area (Å²) in [6.45, 7) is 4.00. The Labute approximate surface area is 238 Å². The van der Waals surface area contributed by atoms with Gasteiger partial charge in [0.15, 0.2) is 5.17 Å². The topological polar surface area (TPSA) is 105 Å². The number of amidine groups is 2. The van der Waals surface area contributed by atoms with Crippen molar-refractivity contribution in [3.63, 3.8) is 0 Å². The van der Waals surface area contributed by atoms with Gasteiger partial charge in [-0.15, -0.1) is 18.3 Å². The van der Waals surface area contributed by atoms with Crippen LogP contribution in [0.1, 0.15) is 30.5 Å². The van der Waals surface area contributed by atoms with Crippen molar-refractivity contribution < 1.29 is 22.7 Å². The Morgan fingerprint density at radius 1 is 1.02 bits per heavy atom. The van der Waals surface area contributed by atoms with E-state index in [0.29, 0.717) is 16.4 Å². The lowest BCUT2D eigenvalue weighted by Crippen LogP contribution is -2.29. The number of para-hydroxylation sites is 1. The van der Waals surface area contributed by atoms with Crippen molar-refractivity contribution in [2.45, 2.75) is 20.2 Å². The van der Waals surface area contributed by atoms with Gasteiger partial charge in [0.25, 0.3) is 0 Å². The van der Waals surface area contributed by atoms with Gasteiger partial charge in [0.2, 0.25) is 5.91 Å². The van der Waals surface area contributed by atoms with Crippen LogP contribution < -0.4 is 15.4 Å². The Hall–Kier alpha value is -4.71. The lowest BCUT2D eigenvalue weighted by molar-refractivity contribution is -0.274. The zero-order valence-electron chi connectivity index (χ0n) is 22.0. The molecule has 1 saturated heterocycles. The van der Waals surface area contributed by atoms with E-state index in [1.165, 1.54) is 30.2 Å². The standard InChI is InChI=1S/C29H25F3N6O2S/c1-19(2)15-22-5-3-4-6-25(22)38-26(39)17-41-28(38)37-36-16-20-7-9-21(10-8-20)27(33)35-18-34-23-11-13-24(14-12-23)40-29(30,31)32/h3-16,18H,17H2,1-2H3,(H2,33,34,35)/b36-16+,37-28-. The third kappa shape index (κ3) is 8.39. The first-order chi connectivity index (χ1) is 19.6. The van der Waals surface area contributed by atoms with E-state index in [4.69, 9.17) is 5.73 Å². The third-order valence-electron chi connectivity index (χ3n) is 5.42. The zero-order chi connectivity index (χ0) is 29.4. The highest BCUT2D eigenvalue weighted by atomic mass is 32.2. The molecule has 0 spiro atoms. The Morgan fingerprint density at radius 2 is 1.73 bits per heavy atom. The minimum absolute atomic E-state index is 0.0614. The molecule has 8 nitrogen and oxygen atoms in total. The molecule has 2 N–H and O–H groups in total. The molecule has 3 aromatic carbocycles. The van der Waals surface area contributed by atoms with Crippen LogP contribution in [-0.4, -0.2) is 41.6 Å². The molecule has 4 rings (SSSR count). The van der Waals surface area contributed by atoms with E-state index < -0.39 is 6.36 Å². The molecular weight excluding hydrogens is 553 g/mol. The molecular formula is C29H25F3N6O2S. The lowest BCUT2D eigenvalue weighted by Gasteiger charge is -2.18. The van der Waals surface area contributed by atoms with E-state index in [9.17, 15) is 18.0 Å². The number of benzene rings is 3. The highest BCUT2D eigenvalue weighted by molar-refractivity contribution is 8.15. The first kappa shape index (κ1) is 29.3. The Balaban J connectivity index is 1.40. The maximum absolute atomic E-state index is 12.6. The number of alkyl halides is 3. The van der Waals surface area contributed by atoms with Gasteiger partial charge in [-0.2, -0.15) is 5.10 Å². The van der Waals surface area contributed by atoms with Gasteiger partial charge in [-0.05, 0) is 55.3 Å². The lowest BCUT2D eigenvalue weighted by atomic mass is 10.1. The highest BCUT2D eigenvalue weighted by Gasteiger charge is 2.31. The molecule has 210 valence electrons. The van der Waals surface area contributed by atoms with Gasteiger partial charge in [-0.25, -0.2) is 9.98 Å². The fraction of sp³-hybridized carbons (Fsp3) is 0.138. The first-order valence-corrected chi connectivity index (χ1v) is 13.2. The molecule has 1 aliphatic rings. The van der Waals surface area contributed by atoms with Crippen molar-refractivity contribution in [2.75, 3.05) is 10.7 Å². The predicted molar refractivity (Wildman–Crippen MR) is 159 cm³/mol. The molecule has 1 fully saturated rings. The number of carbonyl (C=O) groups excluding carboxylic acids is 1. The molecule has 3 aromatic rings. The fourth-order valence-corrected chi connectivity index (χ4v) is 4.46. The molecule has 1 amide bonds. The number of anilines is 1. The van der Waals surface area contributed by atoms with Crippen LogP contribution in [0.4, 0.5) is 24.5 Å². The number of hydrogen-bond donors (Lipinski definition) is 1. The molecule has 0 atom stereocenters. The van der Waals surface area contributed by atoms with E-state index in [0.717, 1.165) is 34.5 Å². The second-order valence-corrected chi connectivity index (χ2v) is 9.79. The minimum atomic E-state index is -4.76. The first-order valence-electron chi connectivity index (χ1n) is 12.2. The summed E-state index contributed by atoms with van der Waals surface area (Å²) in [5, 5.41) is 8.98. The van der Waals surface area contributed by atoms with E-state index in [-0.39, 0.29) is 23.2 Å². The zero-order valence-corrected chi connectivity index (χ0v) is 22.9. The highest BCUT2D eigenvalue weighted by Crippen LogP contribution is 2.31. The number of amides is 1. The van der Waals surface area contributed by atoms with Crippen LogP contribution in [-0.2, 0) is 4.79 Å². The van der Waals surface area contributed by atoms with Crippen molar-refractivity contribution in [1.82, 2.24) is 0 Å². The number of rotatable bonds is 8. The number of ether oxygens (including phenoxy) is 1. The number of allylic oxidation sites excluding steroid dienone is 1. The molecule has 0 aromatic heterocycles. The number of thioether (sulfide) groups is 1. The van der Waals surface area contributed by atoms with E-state index in [1.54, 1.807) is 35.4 Å². The summed E-state index contributed by atoms with van der Waals surface area (Å²) in [5.74, 6) is 0.0770. The number of aliphatic imine (C=N–C) groups is 2. The van der Waals surface area contributed by atoms with Gasteiger partial charge in [0.05, 0.1) is 23.3 Å². The summed E-state index contributed by atoms with van der Waals surface area (Å²) < 4.78 is 40.6. The van der Waals surface area contributed by atoms with Crippen molar-refractivity contribution in [3.8, 4) is 5.75 Å². The minimum Gasteiger partial charge on any atom is -0.406 e. The number of carbonyl (C=O) groups is 1. The molecule has 12 heteroatoms. The van der Waals surface area contributed by atoms with Gasteiger partial charge in [-0.1, -0.05) is 65.9 Å². The quantitative estimate of drug-likeness (QED) is 0.186. The average molecular weight is 579 g/mol. The summed E-state index contributed by atoms with van der Waals surface area (Å²) in [6.07, 6.45) is 0.0422. The molecule has 1 aliphatic heterocycles. The molecule has 0 bridgehead atoms. The molecule has 1 heterocycles. The number of halogens is 3. The van der Waals surface area contributed by atoms with E-state index in [2.05, 4.69) is 24.9 Å². The average Bonchev–Trinajstić information content (AvgIpc) is 3.29. The third-order valence-corrected chi connectivity index (χ3v) is 6.33. The number of nitrogens with two attached hydrogens (primary N) is 1. The van der Waals surface area contributed by atoms with Gasteiger partial charge in [0, 0.05) is 5.56 Å². The van der Waals surface area contributed by atoms with Crippen LogP contribution in [0.2, 0.25) is 0 Å². The van der Waals surface area contributed by atoms with Gasteiger partial charge in [0.1, 0.15) is 17.9 Å². The van der Waals surface area contributed by atoms with Crippen LogP contribution >= 0.6 is 11.8 Å². The second kappa shape index (κ2) is 13.1. The van der Waals surface area contributed by atoms with Crippen LogP contribution in [0.5, 0.6) is 5.75 Å². The summed E-state index contributed by atoms with van der Waals surface area (Å²) in [4.78, 5) is 22.4. The van der Waals surface area contributed by atoms with Crippen molar-refractivity contribution in [1.29, 1.82) is 0 Å². The van der Waals surface area contributed by atoms with Crippen molar-refractivity contribution in [2.24, 2.45) is 25.9 Å². The second-order valence-electron chi connectivity index (χ2n) is 8.85. The largest absolute Gasteiger partial charge is 0.573 e. The molecule has 0 unspecified atom stereocenters. The number of hydrogen-bond acceptors (Lipinski definition) is 6. The van der Waals surface area contributed by atoms with Crippen molar-refractivity contribution in [3.05, 3.63) is 95.1 Å². The summed E-state index contributed by atoms with van der Waals surface area (Å²) in [5.41, 5.74) is 10.6. The summed E-state index contributed by atoms with van der Waals surface area (Å²) >= 11 is 1.33. The van der Waals surface area contributed by atoms with Crippen molar-refractivity contribution >= 4 is 58.7 Å². The fourth-order valence-electron chi connectivity index (χ4n) is 3.65. The summed E-state index contributed by atoms with van der Waals surface area (Å²) in [7, 11) is 0. The Morgan fingerprint density at radius 3 is 2.41 bits per heavy atom. The Bertz CT molecular complexity index is 1540. The summed E-state index contributed by atoms with van der Waals surface area (Å²) in [6, 6.07) is 19.8. The van der Waals surface area contributed by atoms with Crippen LogP contribution in [0, 0.1) is 0 Å². The molecule has 0 radical (unpaired) electrons. The van der Waals surface area contributed by atoms with E-state index in [1.807, 2.05) is 44.2 Å². The molecule has 0 saturated carbocycles. The predicted octanol–water partition coefficient (Wildman–Crippen LogP) is 6.54. The van der Waals surface area contributed by atoms with Gasteiger partial charge >= 0.3 is 6.36 Å². The van der Waals surface area contributed by atoms with Crippen LogP contribution in [0.3, 0.4) is 0 Å². The smallest absolute Gasteiger partial charge is 0.406 e. The maximum atomic E-state index is 12.6. The van der Waals surface area contributed by atoms with Crippen LogP contribution in [0.15, 0.2) is 98.6 Å². The Kier molecular flexibility index (Phi) is 9.35. The monoisotopic (exact) mass is 578 g/mol. The molecule has 41 heavy (non-hydrogen) atoms. The normalized spacial score (nSPS) is 15.3. The SMILES string of the molecule is CC(C)=Cc1ccccc1N1C(=O)CS/C1=N\N=C\c1ccc(C(N)=NC=Nc2ccc(OC(F)(F)F)cc2)cc1.